The molecule has 9 nitrogen and oxygen atoms in total. The van der Waals surface area contributed by atoms with Crippen molar-refractivity contribution in [1.29, 1.82) is 0 Å². The zero-order valence-corrected chi connectivity index (χ0v) is 25.0. The third kappa shape index (κ3) is 6.57. The number of anilines is 3. The fraction of sp³-hybridized carbons (Fsp3) is 0.345. The first-order valence-corrected chi connectivity index (χ1v) is 15.2. The number of aromatic nitrogens is 3. The van der Waals surface area contributed by atoms with Crippen molar-refractivity contribution in [2.75, 3.05) is 62.0 Å². The number of hydrogen-bond donors (Lipinski definition) is 3. The molecule has 3 N–H and O–H groups in total. The summed E-state index contributed by atoms with van der Waals surface area (Å²) in [5, 5.41) is 15.8. The zero-order valence-electron chi connectivity index (χ0n) is 22.6. The van der Waals surface area contributed by atoms with Crippen molar-refractivity contribution in [2.45, 2.75) is 28.8 Å². The van der Waals surface area contributed by atoms with Crippen LogP contribution in [0.1, 0.15) is 23.2 Å². The Morgan fingerprint density at radius 2 is 1.85 bits per heavy atom. The van der Waals surface area contributed by atoms with Crippen molar-refractivity contribution in [2.24, 2.45) is 0 Å². The molecule has 0 spiro atoms. The lowest BCUT2D eigenvalue weighted by Gasteiger charge is -2.34. The third-order valence-corrected chi connectivity index (χ3v) is 9.09. The number of halogens is 2. The third-order valence-electron chi connectivity index (χ3n) is 7.42. The normalized spacial score (nSPS) is 16.7. The maximum Gasteiger partial charge on any atom is 0.259 e. The second-order valence-electron chi connectivity index (χ2n) is 10.3. The molecular weight excluding hydrogens is 581 g/mol. The van der Waals surface area contributed by atoms with Crippen LogP contribution in [0.4, 0.5) is 17.2 Å². The molecule has 1 amide bonds. The Labute approximate surface area is 252 Å². The fourth-order valence-corrected chi connectivity index (χ4v) is 6.36. The molecule has 0 aliphatic carbocycles. The zero-order chi connectivity index (χ0) is 28.3. The summed E-state index contributed by atoms with van der Waals surface area (Å²) < 4.78 is 5.55. The van der Waals surface area contributed by atoms with Gasteiger partial charge < -0.3 is 25.2 Å². The molecule has 0 unspecified atom stereocenters. The van der Waals surface area contributed by atoms with Gasteiger partial charge in [-0.3, -0.25) is 9.89 Å². The molecule has 2 aromatic heterocycles. The SMILES string of the molecule is CN1CCN(c2ccc(C(=O)Nc3n[nH]c4ccc(Sc5cc(Cl)ccc5Cl)nc34)c(NC3CCOCC3)c2)CC1. The van der Waals surface area contributed by atoms with Gasteiger partial charge in [-0.2, -0.15) is 5.10 Å². The average molecular weight is 613 g/mol. The summed E-state index contributed by atoms with van der Waals surface area (Å²) in [6, 6.07) is 15.3. The van der Waals surface area contributed by atoms with Crippen molar-refractivity contribution in [3.8, 4) is 0 Å². The standard InChI is InChI=1S/C29H31Cl2N7O2S/c1-37-10-12-38(13-11-37)20-3-4-21(24(17-20)32-19-8-14-40-15-9-19)29(39)34-28-27-23(35-36-28)6-7-26(33-27)41-25-16-18(30)2-5-22(25)31/h2-7,16-17,19,32H,8-15H2,1H3,(H2,34,35,36,39). The summed E-state index contributed by atoms with van der Waals surface area (Å²) in [4.78, 5) is 23.9. The van der Waals surface area contributed by atoms with Crippen LogP contribution in [0.3, 0.4) is 0 Å². The highest BCUT2D eigenvalue weighted by molar-refractivity contribution is 7.99. The van der Waals surface area contributed by atoms with E-state index in [1.54, 1.807) is 18.2 Å². The first kappa shape index (κ1) is 28.1. The summed E-state index contributed by atoms with van der Waals surface area (Å²) >= 11 is 13.9. The van der Waals surface area contributed by atoms with E-state index in [4.69, 9.17) is 32.9 Å². The number of rotatable bonds is 7. The van der Waals surface area contributed by atoms with E-state index in [0.29, 0.717) is 50.7 Å². The lowest BCUT2D eigenvalue weighted by molar-refractivity contribution is 0.0904. The Morgan fingerprint density at radius 3 is 2.66 bits per heavy atom. The number of fused-ring (bicyclic) bond motifs is 1. The van der Waals surface area contributed by atoms with Crippen LogP contribution in [0, 0.1) is 0 Å². The smallest absolute Gasteiger partial charge is 0.259 e. The number of H-pyrrole nitrogens is 1. The lowest BCUT2D eigenvalue weighted by atomic mass is 10.1. The van der Waals surface area contributed by atoms with Crippen LogP contribution in [-0.2, 0) is 4.74 Å². The van der Waals surface area contributed by atoms with Crippen LogP contribution in [-0.4, -0.2) is 78.5 Å². The Balaban J connectivity index is 1.26. The van der Waals surface area contributed by atoms with Gasteiger partial charge in [-0.1, -0.05) is 35.0 Å². The molecule has 4 aromatic rings. The van der Waals surface area contributed by atoms with Gasteiger partial charge in [0.1, 0.15) is 10.5 Å². The van der Waals surface area contributed by atoms with E-state index in [2.05, 4.69) is 43.7 Å². The number of amides is 1. The van der Waals surface area contributed by atoms with E-state index in [9.17, 15) is 4.79 Å². The topological polar surface area (TPSA) is 98.4 Å². The minimum absolute atomic E-state index is 0.240. The summed E-state index contributed by atoms with van der Waals surface area (Å²) in [5.41, 5.74) is 3.76. The molecule has 2 saturated heterocycles. The predicted molar refractivity (Wildman–Crippen MR) is 166 cm³/mol. The second-order valence-corrected chi connectivity index (χ2v) is 12.2. The van der Waals surface area contributed by atoms with E-state index >= 15 is 0 Å². The first-order valence-electron chi connectivity index (χ1n) is 13.6. The number of hydrogen-bond acceptors (Lipinski definition) is 8. The summed E-state index contributed by atoms with van der Waals surface area (Å²) in [6.07, 6.45) is 1.79. The molecule has 2 aromatic carbocycles. The van der Waals surface area contributed by atoms with Crippen molar-refractivity contribution in [3.63, 3.8) is 0 Å². The number of likely N-dealkylation sites (N-methyl/N-ethyl adjacent to an activating group) is 1. The molecule has 4 heterocycles. The molecule has 0 atom stereocenters. The Morgan fingerprint density at radius 1 is 1.05 bits per heavy atom. The number of ether oxygens (including phenoxy) is 1. The fourth-order valence-electron chi connectivity index (χ4n) is 5.04. The molecule has 0 saturated carbocycles. The molecule has 214 valence electrons. The van der Waals surface area contributed by atoms with Gasteiger partial charge in [0.05, 0.1) is 16.1 Å². The van der Waals surface area contributed by atoms with Gasteiger partial charge in [-0.15, -0.1) is 0 Å². The van der Waals surface area contributed by atoms with Crippen LogP contribution < -0.4 is 15.5 Å². The van der Waals surface area contributed by atoms with E-state index < -0.39 is 0 Å². The summed E-state index contributed by atoms with van der Waals surface area (Å²) in [7, 11) is 2.14. The number of pyridine rings is 1. The average Bonchev–Trinajstić information content (AvgIpc) is 3.37. The van der Waals surface area contributed by atoms with Crippen LogP contribution >= 0.6 is 35.0 Å². The van der Waals surface area contributed by atoms with Crippen molar-refractivity contribution in [3.05, 3.63) is 64.1 Å². The van der Waals surface area contributed by atoms with Crippen molar-refractivity contribution < 1.29 is 9.53 Å². The maximum absolute atomic E-state index is 13.7. The lowest BCUT2D eigenvalue weighted by Crippen LogP contribution is -2.44. The number of aromatic amines is 1. The number of nitrogens with zero attached hydrogens (tertiary/aromatic N) is 4. The van der Waals surface area contributed by atoms with E-state index in [1.807, 2.05) is 24.3 Å². The monoisotopic (exact) mass is 611 g/mol. The molecule has 12 heteroatoms. The van der Waals surface area contributed by atoms with Crippen LogP contribution in [0.2, 0.25) is 10.0 Å². The minimum Gasteiger partial charge on any atom is -0.381 e. The summed E-state index contributed by atoms with van der Waals surface area (Å²) in [5.74, 6) is 0.112. The van der Waals surface area contributed by atoms with E-state index in [-0.39, 0.29) is 11.9 Å². The van der Waals surface area contributed by atoms with Gasteiger partial charge in [-0.25, -0.2) is 4.98 Å². The second kappa shape index (κ2) is 12.5. The Bertz CT molecular complexity index is 1550. The molecule has 2 aliphatic heterocycles. The van der Waals surface area contributed by atoms with Gasteiger partial charge in [0, 0.05) is 66.7 Å². The molecule has 0 radical (unpaired) electrons. The quantitative estimate of drug-likeness (QED) is 0.234. The largest absolute Gasteiger partial charge is 0.381 e. The molecular formula is C29H31Cl2N7O2S. The number of nitrogens with one attached hydrogen (secondary N) is 3. The molecule has 0 bridgehead atoms. The highest BCUT2D eigenvalue weighted by atomic mass is 35.5. The van der Waals surface area contributed by atoms with Gasteiger partial charge in [0.25, 0.3) is 5.91 Å². The van der Waals surface area contributed by atoms with Crippen LogP contribution in [0.25, 0.3) is 11.0 Å². The van der Waals surface area contributed by atoms with Gasteiger partial charge in [0.15, 0.2) is 5.82 Å². The van der Waals surface area contributed by atoms with E-state index in [1.165, 1.54) is 11.8 Å². The van der Waals surface area contributed by atoms with Gasteiger partial charge in [0.2, 0.25) is 0 Å². The van der Waals surface area contributed by atoms with Gasteiger partial charge >= 0.3 is 0 Å². The Kier molecular flexibility index (Phi) is 8.55. The van der Waals surface area contributed by atoms with Crippen LogP contribution in [0.15, 0.2) is 58.5 Å². The number of benzene rings is 2. The molecule has 2 fully saturated rings. The molecule has 41 heavy (non-hydrogen) atoms. The van der Waals surface area contributed by atoms with Crippen molar-refractivity contribution in [1.82, 2.24) is 20.1 Å². The highest BCUT2D eigenvalue weighted by Crippen LogP contribution is 2.35. The molecule has 6 rings (SSSR count). The first-order chi connectivity index (χ1) is 19.9. The number of carbonyl (C=O) groups is 1. The maximum atomic E-state index is 13.7. The van der Waals surface area contributed by atoms with E-state index in [0.717, 1.165) is 55.3 Å². The minimum atomic E-state index is -0.254. The highest BCUT2D eigenvalue weighted by Gasteiger charge is 2.22. The summed E-state index contributed by atoms with van der Waals surface area (Å²) in [6.45, 7) is 5.34. The van der Waals surface area contributed by atoms with Crippen LogP contribution in [0.5, 0.6) is 0 Å². The number of piperazine rings is 1. The molecule has 2 aliphatic rings. The predicted octanol–water partition coefficient (Wildman–Crippen LogP) is 6.01. The van der Waals surface area contributed by atoms with Crippen molar-refractivity contribution >= 4 is 69.1 Å². The Hall–Kier alpha value is -3.02. The van der Waals surface area contributed by atoms with Gasteiger partial charge in [-0.05, 0) is 68.4 Å². The number of carbonyl (C=O) groups excluding carboxylic acids is 1.